The molecule has 2 aliphatic heterocycles. The van der Waals surface area contributed by atoms with E-state index >= 15 is 0 Å². The number of rotatable bonds is 8. The summed E-state index contributed by atoms with van der Waals surface area (Å²) in [4.78, 5) is 31.3. The summed E-state index contributed by atoms with van der Waals surface area (Å²) in [5.41, 5.74) is 4.52. The van der Waals surface area contributed by atoms with Crippen molar-refractivity contribution in [2.75, 3.05) is 36.2 Å². The summed E-state index contributed by atoms with van der Waals surface area (Å²) in [5.74, 6) is 0.970. The SMILES string of the molecule is COc1cccc(-c2cccc(CNCCC3CN(c4ccc5c(c4)NC(=O)CS5)C(=O)O3)c2)n1. The van der Waals surface area contributed by atoms with Crippen LogP contribution in [0.1, 0.15) is 12.0 Å². The number of nitrogens with one attached hydrogen (secondary N) is 2. The van der Waals surface area contributed by atoms with Gasteiger partial charge < -0.3 is 20.1 Å². The fraction of sp³-hybridized carbons (Fsp3) is 0.269. The summed E-state index contributed by atoms with van der Waals surface area (Å²) in [6.45, 7) is 1.89. The third-order valence-corrected chi connectivity index (χ3v) is 6.98. The maximum atomic E-state index is 12.5. The quantitative estimate of drug-likeness (QED) is 0.455. The Bertz CT molecular complexity index is 1250. The lowest BCUT2D eigenvalue weighted by Crippen LogP contribution is -2.26. The third kappa shape index (κ3) is 5.41. The van der Waals surface area contributed by atoms with E-state index in [0.29, 0.717) is 37.7 Å². The first-order valence-corrected chi connectivity index (χ1v) is 12.4. The number of fused-ring (bicyclic) bond motifs is 1. The highest BCUT2D eigenvalue weighted by atomic mass is 32.2. The van der Waals surface area contributed by atoms with Crippen LogP contribution in [0.2, 0.25) is 0 Å². The van der Waals surface area contributed by atoms with Gasteiger partial charge in [0, 0.05) is 28.8 Å². The fourth-order valence-corrected chi connectivity index (χ4v) is 4.94. The van der Waals surface area contributed by atoms with Crippen molar-refractivity contribution in [3.8, 4) is 17.1 Å². The Morgan fingerprint density at radius 2 is 2.06 bits per heavy atom. The predicted molar refractivity (Wildman–Crippen MR) is 136 cm³/mol. The summed E-state index contributed by atoms with van der Waals surface area (Å²) < 4.78 is 10.8. The zero-order valence-electron chi connectivity index (χ0n) is 19.3. The molecule has 2 aromatic carbocycles. The molecule has 8 nitrogen and oxygen atoms in total. The molecule has 35 heavy (non-hydrogen) atoms. The highest BCUT2D eigenvalue weighted by Gasteiger charge is 2.32. The molecule has 5 rings (SSSR count). The highest BCUT2D eigenvalue weighted by Crippen LogP contribution is 2.35. The first kappa shape index (κ1) is 23.2. The lowest BCUT2D eigenvalue weighted by molar-refractivity contribution is -0.113. The Labute approximate surface area is 208 Å². The van der Waals surface area contributed by atoms with Gasteiger partial charge in [-0.3, -0.25) is 9.69 Å². The van der Waals surface area contributed by atoms with Crippen LogP contribution in [0.3, 0.4) is 0 Å². The molecule has 1 fully saturated rings. The molecule has 2 aliphatic rings. The molecule has 3 aromatic rings. The van der Waals surface area contributed by atoms with E-state index in [0.717, 1.165) is 33.1 Å². The van der Waals surface area contributed by atoms with E-state index in [1.54, 1.807) is 12.0 Å². The van der Waals surface area contributed by atoms with E-state index in [9.17, 15) is 9.59 Å². The molecular weight excluding hydrogens is 464 g/mol. The number of thioether (sulfide) groups is 1. The number of carbonyl (C=O) groups excluding carboxylic acids is 2. The van der Waals surface area contributed by atoms with Gasteiger partial charge in [0.05, 0.1) is 30.8 Å². The van der Waals surface area contributed by atoms with Crippen molar-refractivity contribution < 1.29 is 19.1 Å². The number of cyclic esters (lactones) is 1. The Morgan fingerprint density at radius 1 is 1.17 bits per heavy atom. The van der Waals surface area contributed by atoms with Crippen LogP contribution in [0.4, 0.5) is 16.2 Å². The minimum atomic E-state index is -0.358. The van der Waals surface area contributed by atoms with Gasteiger partial charge >= 0.3 is 6.09 Å². The minimum Gasteiger partial charge on any atom is -0.481 e. The molecule has 0 radical (unpaired) electrons. The summed E-state index contributed by atoms with van der Waals surface area (Å²) in [7, 11) is 1.61. The lowest BCUT2D eigenvalue weighted by Gasteiger charge is -2.20. The van der Waals surface area contributed by atoms with Crippen LogP contribution in [0, 0.1) is 0 Å². The van der Waals surface area contributed by atoms with Crippen LogP contribution in [0.25, 0.3) is 11.3 Å². The van der Waals surface area contributed by atoms with Gasteiger partial charge in [-0.25, -0.2) is 9.78 Å². The first-order valence-electron chi connectivity index (χ1n) is 11.4. The van der Waals surface area contributed by atoms with Gasteiger partial charge in [0.25, 0.3) is 0 Å². The van der Waals surface area contributed by atoms with E-state index in [4.69, 9.17) is 9.47 Å². The number of methoxy groups -OCH3 is 1. The smallest absolute Gasteiger partial charge is 0.414 e. The van der Waals surface area contributed by atoms with Crippen molar-refractivity contribution in [3.05, 3.63) is 66.2 Å². The molecule has 1 saturated heterocycles. The number of aromatic nitrogens is 1. The molecule has 2 N–H and O–H groups in total. The molecule has 1 unspecified atom stereocenters. The van der Waals surface area contributed by atoms with Crippen molar-refractivity contribution >= 4 is 35.1 Å². The maximum Gasteiger partial charge on any atom is 0.414 e. The van der Waals surface area contributed by atoms with Crippen LogP contribution in [-0.4, -0.2) is 49.0 Å². The standard InChI is InChI=1S/C26H26N4O4S/c1-33-25-7-3-6-21(29-25)18-5-2-4-17(12-18)14-27-11-10-20-15-30(26(32)34-20)19-8-9-23-22(13-19)28-24(31)16-35-23/h2-9,12-13,20,27H,10-11,14-16H2,1H3,(H,28,31). The van der Waals surface area contributed by atoms with Crippen molar-refractivity contribution in [1.82, 2.24) is 10.3 Å². The highest BCUT2D eigenvalue weighted by molar-refractivity contribution is 8.00. The zero-order valence-corrected chi connectivity index (χ0v) is 20.1. The molecule has 2 amide bonds. The largest absolute Gasteiger partial charge is 0.481 e. The zero-order chi connectivity index (χ0) is 24.2. The van der Waals surface area contributed by atoms with Crippen LogP contribution >= 0.6 is 11.8 Å². The summed E-state index contributed by atoms with van der Waals surface area (Å²) >= 11 is 1.50. The van der Waals surface area contributed by atoms with Crippen molar-refractivity contribution in [2.24, 2.45) is 0 Å². The number of ether oxygens (including phenoxy) is 2. The monoisotopic (exact) mass is 490 g/mol. The van der Waals surface area contributed by atoms with Gasteiger partial charge in [-0.05, 0) is 48.9 Å². The number of carbonyl (C=O) groups is 2. The topological polar surface area (TPSA) is 92.8 Å². The number of anilines is 2. The second-order valence-electron chi connectivity index (χ2n) is 8.36. The molecule has 0 bridgehead atoms. The lowest BCUT2D eigenvalue weighted by atomic mass is 10.1. The van der Waals surface area contributed by atoms with Crippen LogP contribution in [0.5, 0.6) is 5.88 Å². The average Bonchev–Trinajstić information content (AvgIpc) is 3.26. The van der Waals surface area contributed by atoms with Gasteiger partial charge in [-0.2, -0.15) is 0 Å². The van der Waals surface area contributed by atoms with Gasteiger partial charge in [-0.1, -0.05) is 24.3 Å². The Balaban J connectivity index is 1.13. The summed E-state index contributed by atoms with van der Waals surface area (Å²) in [6.07, 6.45) is 0.155. The number of pyridine rings is 1. The summed E-state index contributed by atoms with van der Waals surface area (Å²) in [5, 5.41) is 6.31. The number of hydrogen-bond acceptors (Lipinski definition) is 7. The molecule has 9 heteroatoms. The van der Waals surface area contributed by atoms with Crippen LogP contribution in [0.15, 0.2) is 65.6 Å². The normalized spacial score (nSPS) is 17.1. The number of nitrogens with zero attached hydrogens (tertiary/aromatic N) is 2. The number of hydrogen-bond donors (Lipinski definition) is 2. The molecular formula is C26H26N4O4S. The van der Waals surface area contributed by atoms with Crippen molar-refractivity contribution in [2.45, 2.75) is 24.0 Å². The molecule has 1 aromatic heterocycles. The van der Waals surface area contributed by atoms with Crippen LogP contribution in [-0.2, 0) is 16.1 Å². The van der Waals surface area contributed by atoms with Gasteiger partial charge in [0.1, 0.15) is 6.10 Å². The van der Waals surface area contributed by atoms with Gasteiger partial charge in [-0.15, -0.1) is 11.8 Å². The molecule has 0 spiro atoms. The van der Waals surface area contributed by atoms with E-state index in [1.165, 1.54) is 11.8 Å². The third-order valence-electron chi connectivity index (χ3n) is 5.91. The first-order chi connectivity index (χ1) is 17.1. The minimum absolute atomic E-state index is 0.0297. The van der Waals surface area contributed by atoms with E-state index < -0.39 is 0 Å². The van der Waals surface area contributed by atoms with E-state index in [-0.39, 0.29) is 18.1 Å². The Hall–Kier alpha value is -3.56. The van der Waals surface area contributed by atoms with E-state index in [2.05, 4.69) is 27.8 Å². The maximum absolute atomic E-state index is 12.5. The molecule has 0 aliphatic carbocycles. The van der Waals surface area contributed by atoms with Crippen molar-refractivity contribution in [1.29, 1.82) is 0 Å². The average molecular weight is 491 g/mol. The predicted octanol–water partition coefficient (Wildman–Crippen LogP) is 4.31. The van der Waals surface area contributed by atoms with Gasteiger partial charge in [0.15, 0.2) is 0 Å². The molecule has 3 heterocycles. The molecule has 0 saturated carbocycles. The van der Waals surface area contributed by atoms with Crippen molar-refractivity contribution in [3.63, 3.8) is 0 Å². The second-order valence-corrected chi connectivity index (χ2v) is 9.38. The van der Waals surface area contributed by atoms with Gasteiger partial charge in [0.2, 0.25) is 11.8 Å². The molecule has 180 valence electrons. The number of amides is 2. The second kappa shape index (κ2) is 10.4. The molecule has 1 atom stereocenters. The Morgan fingerprint density at radius 3 is 2.94 bits per heavy atom. The fourth-order valence-electron chi connectivity index (χ4n) is 4.15. The summed E-state index contributed by atoms with van der Waals surface area (Å²) in [6, 6.07) is 19.6. The Kier molecular flexibility index (Phi) is 6.87. The number of benzene rings is 2. The van der Waals surface area contributed by atoms with E-state index in [1.807, 2.05) is 48.5 Å². The van der Waals surface area contributed by atoms with Crippen LogP contribution < -0.4 is 20.3 Å².